The third-order valence-corrected chi connectivity index (χ3v) is 6.43. The maximum Gasteiger partial charge on any atom is 0.395 e. The van der Waals surface area contributed by atoms with E-state index in [0.29, 0.717) is 0 Å². The van der Waals surface area contributed by atoms with Crippen molar-refractivity contribution in [3.05, 3.63) is 30.6 Å². The molecule has 1 aromatic carbocycles. The van der Waals surface area contributed by atoms with Gasteiger partial charge in [0, 0.05) is 4.11 Å². The summed E-state index contributed by atoms with van der Waals surface area (Å²) < 4.78 is 78.1. The number of aromatic nitrogens is 4. The minimum atomic E-state index is -3.34. The Morgan fingerprint density at radius 2 is 2.15 bits per heavy atom. The number of anilines is 1. The molecule has 6 atom stereocenters. The van der Waals surface area contributed by atoms with Gasteiger partial charge in [0.1, 0.15) is 18.8 Å². The minimum absolute atomic E-state index is 0.0604. The summed E-state index contributed by atoms with van der Waals surface area (Å²) in [4.78, 5) is 37.3. The van der Waals surface area contributed by atoms with Crippen LogP contribution in [0.1, 0.15) is 39.3 Å². The van der Waals surface area contributed by atoms with Crippen molar-refractivity contribution >= 4 is 31.2 Å². The summed E-state index contributed by atoms with van der Waals surface area (Å²) in [5, 5.41) is 10.8. The van der Waals surface area contributed by atoms with Crippen LogP contribution < -0.4 is 24.6 Å². The molecule has 1 aliphatic heterocycles. The van der Waals surface area contributed by atoms with Crippen molar-refractivity contribution in [3.63, 3.8) is 0 Å². The summed E-state index contributed by atoms with van der Waals surface area (Å²) in [5.74, 6) is -1.91. The molecule has 2 aromatic heterocycles. The fourth-order valence-corrected chi connectivity index (χ4v) is 4.49. The van der Waals surface area contributed by atoms with E-state index in [4.69, 9.17) is 34.7 Å². The Bertz CT molecular complexity index is 1560. The highest BCUT2D eigenvalue weighted by Crippen LogP contribution is 2.43. The highest BCUT2D eigenvalue weighted by Gasteiger charge is 2.55. The van der Waals surface area contributed by atoms with Crippen LogP contribution in [-0.2, 0) is 14.3 Å². The molecule has 40 heavy (non-hydrogen) atoms. The number of carbonyl (C=O) groups excluding carboxylic acids is 1. The first-order chi connectivity index (χ1) is 20.5. The van der Waals surface area contributed by atoms with Gasteiger partial charge >= 0.3 is 14.1 Å². The van der Waals surface area contributed by atoms with Crippen molar-refractivity contribution < 1.29 is 48.1 Å². The Kier molecular flexibility index (Phi) is 7.16. The zero-order chi connectivity index (χ0) is 32.6. The second-order valence-electron chi connectivity index (χ2n) is 9.03. The van der Waals surface area contributed by atoms with E-state index in [9.17, 15) is 14.8 Å². The first-order valence-electron chi connectivity index (χ1n) is 13.9. The summed E-state index contributed by atoms with van der Waals surface area (Å²) in [6, 6.07) is 2.44. The Morgan fingerprint density at radius 3 is 2.83 bits per heavy atom. The standard InChI is InChI=1S/C24H30FN6O8P/c1-12(2)37-21(33)13(3)30-40(34)39-15-9-7-6-8-14(15)36-10-16-18(32)24(4,25)22(38-16)31-11-27-17-19(31)28-23(26)29-20(17)35-5/h6-9,11-13,16,18,22,32H,10H2,1-5H3,(H2,26,28,29)/t13-,16+,18+,22+,24+/m0/s1/i3D3,13D. The smallest absolute Gasteiger partial charge is 0.395 e. The van der Waals surface area contributed by atoms with Gasteiger partial charge in [0.05, 0.1) is 20.9 Å². The molecule has 0 spiro atoms. The van der Waals surface area contributed by atoms with Gasteiger partial charge in [-0.1, -0.05) is 16.9 Å². The van der Waals surface area contributed by atoms with Crippen LogP contribution in [0, 0.1) is 0 Å². The highest BCUT2D eigenvalue weighted by molar-refractivity contribution is 7.34. The van der Waals surface area contributed by atoms with Gasteiger partial charge < -0.3 is 34.7 Å². The van der Waals surface area contributed by atoms with Gasteiger partial charge in [0.25, 0.3) is 0 Å². The van der Waals surface area contributed by atoms with Gasteiger partial charge in [-0.05, 0) is 39.8 Å². The molecule has 1 saturated heterocycles. The molecule has 1 unspecified atom stereocenters. The lowest BCUT2D eigenvalue weighted by atomic mass is 9.98. The molecule has 1 fully saturated rings. The number of carbonyl (C=O) groups is 1. The molecular weight excluding hydrogens is 550 g/mol. The number of methoxy groups -OCH3 is 1. The van der Waals surface area contributed by atoms with E-state index in [1.807, 2.05) is 0 Å². The molecule has 4 rings (SSSR count). The van der Waals surface area contributed by atoms with E-state index in [-0.39, 0.29) is 34.5 Å². The number of benzene rings is 1. The maximum atomic E-state index is 15.9. The SMILES string of the molecule is [2H]C([2H])([2H])[C@]([2H])(N=[P+]([O-])Oc1ccccc1OC[C@H]1O[C@@H](n2cnc3c(OC)nc(N)nc32)[C@](C)(F)[C@@H]1O)C(=O)OC(C)C. The third-order valence-electron chi connectivity index (χ3n) is 5.72. The Morgan fingerprint density at radius 1 is 1.43 bits per heavy atom. The quantitative estimate of drug-likeness (QED) is 0.261. The molecule has 1 aliphatic rings. The average molecular weight is 585 g/mol. The lowest BCUT2D eigenvalue weighted by molar-refractivity contribution is -0.170. The Balaban J connectivity index is 1.54. The number of aliphatic hydroxyl groups is 1. The fourth-order valence-electron chi connectivity index (χ4n) is 3.88. The second kappa shape index (κ2) is 11.8. The number of hydrogen-bond acceptors (Lipinski definition) is 13. The molecule has 0 bridgehead atoms. The molecule has 14 nitrogen and oxygen atoms in total. The molecule has 0 aliphatic carbocycles. The number of fused-ring (bicyclic) bond motifs is 1. The Labute approximate surface area is 235 Å². The molecule has 0 saturated carbocycles. The van der Waals surface area contributed by atoms with Crippen LogP contribution in [0.2, 0.25) is 0 Å². The van der Waals surface area contributed by atoms with Gasteiger partial charge in [-0.2, -0.15) is 9.97 Å². The summed E-state index contributed by atoms with van der Waals surface area (Å²) in [5.41, 5.74) is 3.67. The number of imidazole rings is 1. The molecular formula is C24H30FN6O8P. The number of rotatable bonds is 10. The number of nitrogens with two attached hydrogens (primary N) is 1. The largest absolute Gasteiger partial charge is 0.575 e. The summed E-state index contributed by atoms with van der Waals surface area (Å²) in [6.07, 6.45) is -3.90. The number of ether oxygens (including phenoxy) is 4. The Hall–Kier alpha value is -3.65. The summed E-state index contributed by atoms with van der Waals surface area (Å²) in [6.45, 7) is 0.246. The summed E-state index contributed by atoms with van der Waals surface area (Å²) >= 11 is 0. The predicted molar refractivity (Wildman–Crippen MR) is 138 cm³/mol. The molecule has 0 radical (unpaired) electrons. The first kappa shape index (κ1) is 24.2. The van der Waals surface area contributed by atoms with Gasteiger partial charge in [-0.15, -0.1) is 0 Å². The van der Waals surface area contributed by atoms with Crippen molar-refractivity contribution in [2.45, 2.75) is 63.8 Å². The monoisotopic (exact) mass is 584 g/mol. The van der Waals surface area contributed by atoms with Crippen LogP contribution in [0.15, 0.2) is 35.3 Å². The number of alkyl halides is 1. The zero-order valence-electron chi connectivity index (χ0n) is 25.8. The number of para-hydroxylation sites is 2. The van der Waals surface area contributed by atoms with E-state index >= 15 is 4.39 Å². The predicted octanol–water partition coefficient (Wildman–Crippen LogP) is 2.06. The van der Waals surface area contributed by atoms with Crippen LogP contribution in [0.4, 0.5) is 10.3 Å². The number of nitrogens with zero attached hydrogens (tertiary/aromatic N) is 5. The van der Waals surface area contributed by atoms with Crippen LogP contribution in [0.5, 0.6) is 17.4 Å². The van der Waals surface area contributed by atoms with E-state index in [1.54, 1.807) is 0 Å². The molecule has 0 amide bonds. The third kappa shape index (κ3) is 6.07. The molecule has 3 N–H and O–H groups in total. The van der Waals surface area contributed by atoms with Crippen LogP contribution in [0.25, 0.3) is 11.2 Å². The summed E-state index contributed by atoms with van der Waals surface area (Å²) in [7, 11) is -1.97. The molecule has 3 aromatic rings. The van der Waals surface area contributed by atoms with E-state index in [2.05, 4.69) is 19.7 Å². The maximum absolute atomic E-state index is 15.9. The van der Waals surface area contributed by atoms with Crippen LogP contribution in [0.3, 0.4) is 0 Å². The zero-order valence-corrected chi connectivity index (χ0v) is 22.7. The number of aliphatic hydroxyl groups excluding tert-OH is 1. The first-order valence-corrected chi connectivity index (χ1v) is 13.0. The van der Waals surface area contributed by atoms with Crippen molar-refractivity contribution in [2.24, 2.45) is 4.74 Å². The normalized spacial score (nSPS) is 26.4. The fraction of sp³-hybridized carbons (Fsp3) is 0.500. The van der Waals surface area contributed by atoms with E-state index < -0.39 is 63.8 Å². The van der Waals surface area contributed by atoms with Gasteiger partial charge in [0.2, 0.25) is 17.6 Å². The van der Waals surface area contributed by atoms with Gasteiger partial charge in [-0.25, -0.2) is 14.2 Å². The van der Waals surface area contributed by atoms with Crippen LogP contribution >= 0.6 is 8.17 Å². The van der Waals surface area contributed by atoms with Gasteiger partial charge in [-0.3, -0.25) is 9.09 Å². The van der Waals surface area contributed by atoms with Crippen molar-refractivity contribution in [3.8, 4) is 17.4 Å². The lowest BCUT2D eigenvalue weighted by Crippen LogP contribution is -2.41. The van der Waals surface area contributed by atoms with Crippen molar-refractivity contribution in [2.75, 3.05) is 19.5 Å². The average Bonchev–Trinajstić information content (AvgIpc) is 3.44. The number of esters is 1. The lowest BCUT2D eigenvalue weighted by Gasteiger charge is -2.24. The van der Waals surface area contributed by atoms with Crippen molar-refractivity contribution in [1.29, 1.82) is 0 Å². The molecule has 216 valence electrons. The number of nitrogen functional groups attached to an aromatic ring is 1. The van der Waals surface area contributed by atoms with Crippen LogP contribution in [-0.4, -0.2) is 74.3 Å². The minimum Gasteiger partial charge on any atom is -0.575 e. The molecule has 3 heterocycles. The highest BCUT2D eigenvalue weighted by atomic mass is 31.1. The van der Waals surface area contributed by atoms with E-state index in [0.717, 1.165) is 6.92 Å². The second-order valence-corrected chi connectivity index (χ2v) is 9.89. The van der Waals surface area contributed by atoms with Gasteiger partial charge in [0.15, 0.2) is 34.8 Å². The number of hydrogen-bond donors (Lipinski definition) is 2. The number of halogens is 1. The van der Waals surface area contributed by atoms with Crippen molar-refractivity contribution in [1.82, 2.24) is 19.5 Å². The molecule has 16 heteroatoms. The topological polar surface area (TPSA) is 188 Å². The van der Waals surface area contributed by atoms with E-state index in [1.165, 1.54) is 56.1 Å².